The Morgan fingerprint density at radius 2 is 1.52 bits per heavy atom. The van der Waals surface area contributed by atoms with Gasteiger partial charge in [-0.25, -0.2) is 0 Å². The number of hydrogen-bond donors (Lipinski definition) is 1. The van der Waals surface area contributed by atoms with Crippen LogP contribution in [-0.2, 0) is 12.8 Å². The summed E-state index contributed by atoms with van der Waals surface area (Å²) in [4.78, 5) is 13.1. The number of ether oxygens (including phenoxy) is 5. The van der Waals surface area contributed by atoms with E-state index in [1.807, 2.05) is 42.5 Å². The Hall–Kier alpha value is -3.87. The first-order valence-corrected chi connectivity index (χ1v) is 10.6. The number of carbonyl (C=O) groups is 1. The topological polar surface area (TPSA) is 75.2 Å². The molecule has 7 heteroatoms. The van der Waals surface area contributed by atoms with Crippen molar-refractivity contribution in [3.05, 3.63) is 77.4 Å². The number of methoxy groups -OCH3 is 3. The Balaban J connectivity index is 1.55. The van der Waals surface area contributed by atoms with Gasteiger partial charge in [0.05, 0.1) is 21.3 Å². The summed E-state index contributed by atoms with van der Waals surface area (Å²) >= 11 is 0. The van der Waals surface area contributed by atoms with E-state index in [0.717, 1.165) is 28.4 Å². The van der Waals surface area contributed by atoms with Crippen molar-refractivity contribution in [3.8, 4) is 28.7 Å². The van der Waals surface area contributed by atoms with Gasteiger partial charge in [0.15, 0.2) is 23.0 Å². The molecule has 0 bridgehead atoms. The molecule has 3 aromatic rings. The zero-order valence-electron chi connectivity index (χ0n) is 18.9. The molecule has 0 aromatic heterocycles. The molecule has 1 N–H and O–H groups in total. The predicted molar refractivity (Wildman–Crippen MR) is 124 cm³/mol. The number of rotatable bonds is 9. The van der Waals surface area contributed by atoms with Crippen LogP contribution in [0.2, 0.25) is 0 Å². The Kier molecular flexibility index (Phi) is 6.88. The van der Waals surface area contributed by atoms with E-state index in [4.69, 9.17) is 23.7 Å². The average molecular weight is 450 g/mol. The maximum absolute atomic E-state index is 13.1. The summed E-state index contributed by atoms with van der Waals surface area (Å²) in [6.45, 7) is 0.226. The number of fused-ring (bicyclic) bond motifs is 1. The number of hydrogen-bond acceptors (Lipinski definition) is 6. The molecule has 33 heavy (non-hydrogen) atoms. The smallest absolute Gasteiger partial charge is 0.251 e. The van der Waals surface area contributed by atoms with E-state index < -0.39 is 0 Å². The lowest BCUT2D eigenvalue weighted by atomic mass is 9.98. The minimum Gasteiger partial charge on any atom is -0.497 e. The molecule has 0 fully saturated rings. The third kappa shape index (κ3) is 5.31. The molecule has 1 aliphatic rings. The molecule has 4 rings (SSSR count). The summed E-state index contributed by atoms with van der Waals surface area (Å²) in [6, 6.07) is 18.7. The number of nitrogens with one attached hydrogen (secondary N) is 1. The lowest BCUT2D eigenvalue weighted by Gasteiger charge is -2.20. The SMILES string of the molecule is COc1ccc(C[C@@H](Cc2ccc3c(c2)OCO3)NC(=O)c2ccc(OC)c(OC)c2)cc1. The fourth-order valence-electron chi connectivity index (χ4n) is 3.82. The molecule has 0 spiro atoms. The van der Waals surface area contributed by atoms with Gasteiger partial charge in [-0.15, -0.1) is 0 Å². The van der Waals surface area contributed by atoms with Crippen molar-refractivity contribution in [2.45, 2.75) is 18.9 Å². The highest BCUT2D eigenvalue weighted by atomic mass is 16.7. The number of carbonyl (C=O) groups excluding carboxylic acids is 1. The summed E-state index contributed by atoms with van der Waals surface area (Å²) in [5, 5.41) is 3.18. The van der Waals surface area contributed by atoms with E-state index in [1.54, 1.807) is 39.5 Å². The lowest BCUT2D eigenvalue weighted by molar-refractivity contribution is 0.0936. The summed E-state index contributed by atoms with van der Waals surface area (Å²) in [5.74, 6) is 3.15. The Morgan fingerprint density at radius 1 is 0.818 bits per heavy atom. The zero-order chi connectivity index (χ0) is 23.2. The van der Waals surface area contributed by atoms with Gasteiger partial charge in [0.1, 0.15) is 5.75 Å². The Labute approximate surface area is 193 Å². The van der Waals surface area contributed by atoms with Gasteiger partial charge in [0.2, 0.25) is 6.79 Å². The van der Waals surface area contributed by atoms with E-state index in [9.17, 15) is 4.79 Å². The van der Waals surface area contributed by atoms with Crippen LogP contribution >= 0.6 is 0 Å². The van der Waals surface area contributed by atoms with E-state index in [0.29, 0.717) is 29.9 Å². The Bertz CT molecular complexity index is 1110. The minimum atomic E-state index is -0.185. The molecule has 0 unspecified atom stereocenters. The van der Waals surface area contributed by atoms with Crippen molar-refractivity contribution >= 4 is 5.91 Å². The third-order valence-electron chi connectivity index (χ3n) is 5.54. The van der Waals surface area contributed by atoms with Crippen molar-refractivity contribution in [3.63, 3.8) is 0 Å². The van der Waals surface area contributed by atoms with Gasteiger partial charge in [0.25, 0.3) is 5.91 Å². The monoisotopic (exact) mass is 449 g/mol. The van der Waals surface area contributed by atoms with Gasteiger partial charge in [-0.2, -0.15) is 0 Å². The molecule has 1 heterocycles. The third-order valence-corrected chi connectivity index (χ3v) is 5.54. The minimum absolute atomic E-state index is 0.153. The van der Waals surface area contributed by atoms with Crippen molar-refractivity contribution in [1.29, 1.82) is 0 Å². The molecular formula is C26H27NO6. The van der Waals surface area contributed by atoms with Crippen LogP contribution in [0.1, 0.15) is 21.5 Å². The largest absolute Gasteiger partial charge is 0.497 e. The molecule has 1 aliphatic heterocycles. The molecule has 172 valence electrons. The molecule has 0 radical (unpaired) electrons. The predicted octanol–water partition coefficient (Wildman–Crippen LogP) is 4.02. The van der Waals surface area contributed by atoms with Gasteiger partial charge in [-0.05, 0) is 66.4 Å². The molecule has 1 atom stereocenters. The highest BCUT2D eigenvalue weighted by molar-refractivity contribution is 5.95. The maximum atomic E-state index is 13.1. The second-order valence-corrected chi connectivity index (χ2v) is 7.68. The molecule has 1 amide bonds. The van der Waals surface area contributed by atoms with Crippen LogP contribution in [0.25, 0.3) is 0 Å². The first-order chi connectivity index (χ1) is 16.1. The molecular weight excluding hydrogens is 422 g/mol. The van der Waals surface area contributed by atoms with Crippen LogP contribution in [0.3, 0.4) is 0 Å². The van der Waals surface area contributed by atoms with Crippen molar-refractivity contribution in [2.24, 2.45) is 0 Å². The standard InChI is InChI=1S/C26H27NO6/c1-29-21-8-4-17(5-9-21)12-20(13-18-6-10-23-25(14-18)33-16-32-23)27-26(28)19-7-11-22(30-2)24(15-19)31-3/h4-11,14-15,20H,12-13,16H2,1-3H3,(H,27,28)/t20-/m0/s1. The number of benzene rings is 3. The van der Waals surface area contributed by atoms with Gasteiger partial charge in [-0.1, -0.05) is 18.2 Å². The first-order valence-electron chi connectivity index (χ1n) is 10.6. The van der Waals surface area contributed by atoms with Crippen molar-refractivity contribution < 1.29 is 28.5 Å². The van der Waals surface area contributed by atoms with Crippen molar-refractivity contribution in [2.75, 3.05) is 28.1 Å². The highest BCUT2D eigenvalue weighted by Gasteiger charge is 2.19. The van der Waals surface area contributed by atoms with Crippen LogP contribution < -0.4 is 29.0 Å². The van der Waals surface area contributed by atoms with E-state index in [1.165, 1.54) is 0 Å². The van der Waals surface area contributed by atoms with E-state index in [-0.39, 0.29) is 18.7 Å². The van der Waals surface area contributed by atoms with Crippen LogP contribution in [0.15, 0.2) is 60.7 Å². The maximum Gasteiger partial charge on any atom is 0.251 e. The van der Waals surface area contributed by atoms with Gasteiger partial charge in [0, 0.05) is 11.6 Å². The number of amides is 1. The van der Waals surface area contributed by atoms with Crippen LogP contribution in [-0.4, -0.2) is 40.1 Å². The van der Waals surface area contributed by atoms with Crippen LogP contribution in [0.5, 0.6) is 28.7 Å². The van der Waals surface area contributed by atoms with E-state index in [2.05, 4.69) is 5.32 Å². The summed E-state index contributed by atoms with van der Waals surface area (Å²) in [6.07, 6.45) is 1.28. The summed E-state index contributed by atoms with van der Waals surface area (Å²) in [7, 11) is 4.75. The molecule has 0 saturated heterocycles. The van der Waals surface area contributed by atoms with Crippen LogP contribution in [0.4, 0.5) is 0 Å². The summed E-state index contributed by atoms with van der Waals surface area (Å²) in [5.41, 5.74) is 2.64. The quantitative estimate of drug-likeness (QED) is 0.532. The fraction of sp³-hybridized carbons (Fsp3) is 0.269. The van der Waals surface area contributed by atoms with Crippen molar-refractivity contribution in [1.82, 2.24) is 5.32 Å². The van der Waals surface area contributed by atoms with E-state index >= 15 is 0 Å². The van der Waals surface area contributed by atoms with Gasteiger partial charge < -0.3 is 29.0 Å². The molecule has 7 nitrogen and oxygen atoms in total. The molecule has 0 aliphatic carbocycles. The molecule has 0 saturated carbocycles. The normalized spacial score (nSPS) is 12.7. The lowest BCUT2D eigenvalue weighted by Crippen LogP contribution is -2.38. The zero-order valence-corrected chi connectivity index (χ0v) is 18.9. The second kappa shape index (κ2) is 10.2. The average Bonchev–Trinajstić information content (AvgIpc) is 3.32. The first kappa shape index (κ1) is 22.3. The second-order valence-electron chi connectivity index (χ2n) is 7.68. The van der Waals surface area contributed by atoms with Gasteiger partial charge >= 0.3 is 0 Å². The molecule has 3 aromatic carbocycles. The van der Waals surface area contributed by atoms with Crippen LogP contribution in [0, 0.1) is 0 Å². The Morgan fingerprint density at radius 3 is 2.24 bits per heavy atom. The fourth-order valence-corrected chi connectivity index (χ4v) is 3.82. The van der Waals surface area contributed by atoms with Gasteiger partial charge in [-0.3, -0.25) is 4.79 Å². The highest BCUT2D eigenvalue weighted by Crippen LogP contribution is 2.33. The summed E-state index contributed by atoms with van der Waals surface area (Å²) < 4.78 is 26.8.